The minimum absolute atomic E-state index is 0.324. The Morgan fingerprint density at radius 2 is 2.07 bits per heavy atom. The topological polar surface area (TPSA) is 26.3 Å². The molecule has 0 rings (SSSR count). The molecule has 2 heteroatoms. The Kier molecular flexibility index (Phi) is 9.98. The predicted molar refractivity (Wildman–Crippen MR) is 59.4 cm³/mol. The molecule has 0 N–H and O–H groups in total. The van der Waals surface area contributed by atoms with Crippen LogP contribution in [0.5, 0.6) is 0 Å². The maximum absolute atomic E-state index is 11.3. The Balaban J connectivity index is 3.15. The van der Waals surface area contributed by atoms with Crippen LogP contribution in [0.2, 0.25) is 0 Å². The Morgan fingerprint density at radius 1 is 1.29 bits per heavy atom. The molecule has 0 saturated heterocycles. The monoisotopic (exact) mass is 198 g/mol. The van der Waals surface area contributed by atoms with Gasteiger partial charge in [0, 0.05) is 12.8 Å². The standard InChI is InChI=1S/C12H22O2/c1-3-5-6-7-8-12(13)9-11-14-10-4-2/h4H,2-3,5-11H2,1H3. The van der Waals surface area contributed by atoms with Crippen LogP contribution in [0.3, 0.4) is 0 Å². The van der Waals surface area contributed by atoms with Gasteiger partial charge >= 0.3 is 0 Å². The highest BCUT2D eigenvalue weighted by molar-refractivity contribution is 5.78. The first-order chi connectivity index (χ1) is 6.81. The summed E-state index contributed by atoms with van der Waals surface area (Å²) < 4.78 is 5.14. The third kappa shape index (κ3) is 9.46. The van der Waals surface area contributed by atoms with Crippen molar-refractivity contribution in [2.75, 3.05) is 13.2 Å². The van der Waals surface area contributed by atoms with E-state index in [-0.39, 0.29) is 0 Å². The first kappa shape index (κ1) is 13.4. The minimum atomic E-state index is 0.324. The van der Waals surface area contributed by atoms with E-state index >= 15 is 0 Å². The van der Waals surface area contributed by atoms with Crippen LogP contribution in [0.25, 0.3) is 0 Å². The van der Waals surface area contributed by atoms with Gasteiger partial charge in [0.1, 0.15) is 5.78 Å². The summed E-state index contributed by atoms with van der Waals surface area (Å²) in [5, 5.41) is 0. The summed E-state index contributed by atoms with van der Waals surface area (Å²) >= 11 is 0. The SMILES string of the molecule is C=CCOCCC(=O)CCCCCC. The van der Waals surface area contributed by atoms with Crippen LogP contribution < -0.4 is 0 Å². The predicted octanol–water partition coefficient (Wildman–Crippen LogP) is 3.12. The van der Waals surface area contributed by atoms with Gasteiger partial charge in [-0.2, -0.15) is 0 Å². The number of ketones is 1. The quantitative estimate of drug-likeness (QED) is 0.398. The van der Waals surface area contributed by atoms with Crippen molar-refractivity contribution in [2.45, 2.75) is 45.4 Å². The number of hydrogen-bond donors (Lipinski definition) is 0. The van der Waals surface area contributed by atoms with Crippen molar-refractivity contribution in [3.63, 3.8) is 0 Å². The Bertz CT molecular complexity index is 152. The first-order valence-electron chi connectivity index (χ1n) is 5.51. The Hall–Kier alpha value is -0.630. The molecule has 0 fully saturated rings. The number of Topliss-reactive ketones (excluding diaryl/α,β-unsaturated/α-hetero) is 1. The van der Waals surface area contributed by atoms with E-state index in [2.05, 4.69) is 13.5 Å². The molecule has 2 nitrogen and oxygen atoms in total. The molecule has 0 aromatic heterocycles. The Labute approximate surface area is 87.3 Å². The van der Waals surface area contributed by atoms with Crippen LogP contribution in [-0.2, 0) is 9.53 Å². The molecule has 0 radical (unpaired) electrons. The first-order valence-corrected chi connectivity index (χ1v) is 5.51. The lowest BCUT2D eigenvalue weighted by atomic mass is 10.1. The van der Waals surface area contributed by atoms with Crippen molar-refractivity contribution in [1.29, 1.82) is 0 Å². The zero-order valence-corrected chi connectivity index (χ0v) is 9.26. The smallest absolute Gasteiger partial charge is 0.135 e. The van der Waals surface area contributed by atoms with Crippen molar-refractivity contribution >= 4 is 5.78 Å². The lowest BCUT2D eigenvalue weighted by Crippen LogP contribution is -2.04. The largest absolute Gasteiger partial charge is 0.377 e. The average molecular weight is 198 g/mol. The van der Waals surface area contributed by atoms with Crippen molar-refractivity contribution in [3.05, 3.63) is 12.7 Å². The third-order valence-corrected chi connectivity index (χ3v) is 2.07. The highest BCUT2D eigenvalue weighted by Crippen LogP contribution is 2.04. The Morgan fingerprint density at radius 3 is 2.71 bits per heavy atom. The average Bonchev–Trinajstić information content (AvgIpc) is 2.19. The molecule has 82 valence electrons. The van der Waals surface area contributed by atoms with E-state index in [0.717, 1.165) is 12.8 Å². The van der Waals surface area contributed by atoms with Gasteiger partial charge in [0.2, 0.25) is 0 Å². The molecule has 0 spiro atoms. The van der Waals surface area contributed by atoms with Gasteiger partial charge in [-0.05, 0) is 6.42 Å². The van der Waals surface area contributed by atoms with E-state index in [4.69, 9.17) is 4.74 Å². The maximum atomic E-state index is 11.3. The van der Waals surface area contributed by atoms with Gasteiger partial charge in [-0.15, -0.1) is 6.58 Å². The lowest BCUT2D eigenvalue weighted by molar-refractivity contribution is -0.120. The molecular weight excluding hydrogens is 176 g/mol. The van der Waals surface area contributed by atoms with Crippen LogP contribution in [0, 0.1) is 0 Å². The number of carbonyl (C=O) groups excluding carboxylic acids is 1. The molecule has 0 aromatic carbocycles. The van der Waals surface area contributed by atoms with E-state index in [1.165, 1.54) is 19.3 Å². The molecule has 0 aromatic rings. The van der Waals surface area contributed by atoms with Crippen molar-refractivity contribution < 1.29 is 9.53 Å². The van der Waals surface area contributed by atoms with Crippen LogP contribution in [0.15, 0.2) is 12.7 Å². The van der Waals surface area contributed by atoms with Crippen LogP contribution in [-0.4, -0.2) is 19.0 Å². The molecular formula is C12H22O2. The fourth-order valence-electron chi connectivity index (χ4n) is 1.23. The fraction of sp³-hybridized carbons (Fsp3) is 0.750. The summed E-state index contributed by atoms with van der Waals surface area (Å²) in [4.78, 5) is 11.3. The van der Waals surface area contributed by atoms with E-state index in [0.29, 0.717) is 25.4 Å². The van der Waals surface area contributed by atoms with Gasteiger partial charge < -0.3 is 4.74 Å². The summed E-state index contributed by atoms with van der Waals surface area (Å²) in [6.45, 7) is 6.79. The summed E-state index contributed by atoms with van der Waals surface area (Å²) in [6.07, 6.45) is 7.64. The fourth-order valence-corrected chi connectivity index (χ4v) is 1.23. The number of unbranched alkanes of at least 4 members (excludes halogenated alkanes) is 3. The van der Waals surface area contributed by atoms with Crippen molar-refractivity contribution in [1.82, 2.24) is 0 Å². The maximum Gasteiger partial charge on any atom is 0.135 e. The van der Waals surface area contributed by atoms with Gasteiger partial charge in [-0.3, -0.25) is 4.79 Å². The zero-order valence-electron chi connectivity index (χ0n) is 9.26. The summed E-state index contributed by atoms with van der Waals surface area (Å²) in [5.41, 5.74) is 0. The molecule has 0 bridgehead atoms. The zero-order chi connectivity index (χ0) is 10.6. The molecule has 14 heavy (non-hydrogen) atoms. The molecule has 0 unspecified atom stereocenters. The van der Waals surface area contributed by atoms with Gasteiger partial charge in [0.25, 0.3) is 0 Å². The lowest BCUT2D eigenvalue weighted by Gasteiger charge is -2.01. The van der Waals surface area contributed by atoms with Crippen molar-refractivity contribution in [2.24, 2.45) is 0 Å². The molecule has 0 aliphatic carbocycles. The highest BCUT2D eigenvalue weighted by atomic mass is 16.5. The normalized spacial score (nSPS) is 10.1. The van der Waals surface area contributed by atoms with E-state index in [9.17, 15) is 4.79 Å². The molecule has 0 saturated carbocycles. The molecule has 0 aliphatic heterocycles. The molecule has 0 atom stereocenters. The number of rotatable bonds is 10. The van der Waals surface area contributed by atoms with E-state index < -0.39 is 0 Å². The highest BCUT2D eigenvalue weighted by Gasteiger charge is 2.00. The van der Waals surface area contributed by atoms with Crippen LogP contribution >= 0.6 is 0 Å². The summed E-state index contributed by atoms with van der Waals surface area (Å²) in [5.74, 6) is 0.324. The molecule has 0 amide bonds. The summed E-state index contributed by atoms with van der Waals surface area (Å²) in [6, 6.07) is 0. The third-order valence-electron chi connectivity index (χ3n) is 2.07. The molecule has 0 heterocycles. The second-order valence-corrected chi connectivity index (χ2v) is 3.46. The second-order valence-electron chi connectivity index (χ2n) is 3.46. The number of carbonyl (C=O) groups is 1. The number of hydrogen-bond acceptors (Lipinski definition) is 2. The van der Waals surface area contributed by atoms with Gasteiger partial charge in [-0.1, -0.05) is 32.3 Å². The number of ether oxygens (including phenoxy) is 1. The minimum Gasteiger partial charge on any atom is -0.377 e. The summed E-state index contributed by atoms with van der Waals surface area (Å²) in [7, 11) is 0. The second kappa shape index (κ2) is 10.5. The van der Waals surface area contributed by atoms with Crippen LogP contribution in [0.4, 0.5) is 0 Å². The molecule has 0 aliphatic rings. The van der Waals surface area contributed by atoms with Gasteiger partial charge in [-0.25, -0.2) is 0 Å². The van der Waals surface area contributed by atoms with Crippen molar-refractivity contribution in [3.8, 4) is 0 Å². The van der Waals surface area contributed by atoms with Gasteiger partial charge in [0.05, 0.1) is 13.2 Å². The van der Waals surface area contributed by atoms with Crippen LogP contribution in [0.1, 0.15) is 45.4 Å². The van der Waals surface area contributed by atoms with Gasteiger partial charge in [0.15, 0.2) is 0 Å². The van der Waals surface area contributed by atoms with E-state index in [1.54, 1.807) is 6.08 Å². The van der Waals surface area contributed by atoms with E-state index in [1.807, 2.05) is 0 Å².